The van der Waals surface area contributed by atoms with Gasteiger partial charge in [-0.05, 0) is 35.9 Å². The molecule has 1 aliphatic rings. The number of Topliss-reactive ketones (excluding diaryl/α,β-unsaturated/α-hetero) is 1. The summed E-state index contributed by atoms with van der Waals surface area (Å²) in [6.07, 6.45) is -0.180. The highest BCUT2D eigenvalue weighted by Crippen LogP contribution is 2.31. The summed E-state index contributed by atoms with van der Waals surface area (Å²) in [7, 11) is 1.40. The van der Waals surface area contributed by atoms with Crippen molar-refractivity contribution in [3.05, 3.63) is 59.4 Å². The first-order valence-corrected chi connectivity index (χ1v) is 9.10. The number of carbonyl (C=O) groups excluding carboxylic acids is 3. The van der Waals surface area contributed by atoms with E-state index >= 15 is 0 Å². The van der Waals surface area contributed by atoms with E-state index in [0.717, 1.165) is 11.0 Å². The SMILES string of the molecule is CN(C(=O)CCC(=O)c1ccc2c(c1)OCCO2)C(C(N)=O)c1cccc(F)c1. The molecule has 0 saturated heterocycles. The van der Waals surface area contributed by atoms with E-state index in [9.17, 15) is 18.8 Å². The van der Waals surface area contributed by atoms with Crippen molar-refractivity contribution in [3.8, 4) is 11.5 Å². The maximum Gasteiger partial charge on any atom is 0.244 e. The fourth-order valence-corrected chi connectivity index (χ4v) is 3.16. The summed E-state index contributed by atoms with van der Waals surface area (Å²) in [5, 5.41) is 0. The van der Waals surface area contributed by atoms with Crippen LogP contribution in [0.25, 0.3) is 0 Å². The minimum atomic E-state index is -1.12. The standard InChI is InChI=1S/C21H21FN2O5/c1-24(20(21(23)27)14-3-2-4-15(22)11-14)19(26)8-6-16(25)13-5-7-17-18(12-13)29-10-9-28-17/h2-5,7,11-12,20H,6,8-10H2,1H3,(H2,23,27). The third kappa shape index (κ3) is 4.71. The number of primary amides is 1. The Labute approximate surface area is 167 Å². The van der Waals surface area contributed by atoms with Gasteiger partial charge in [0.25, 0.3) is 0 Å². The molecule has 0 fully saturated rings. The number of carbonyl (C=O) groups is 3. The number of halogens is 1. The van der Waals surface area contributed by atoms with Gasteiger partial charge in [0.05, 0.1) is 0 Å². The minimum absolute atomic E-state index is 0.0581. The van der Waals surface area contributed by atoms with E-state index < -0.39 is 23.7 Å². The Morgan fingerprint density at radius 1 is 1.07 bits per heavy atom. The van der Waals surface area contributed by atoms with Crippen molar-refractivity contribution in [2.75, 3.05) is 20.3 Å². The number of benzene rings is 2. The van der Waals surface area contributed by atoms with Gasteiger partial charge in [-0.3, -0.25) is 14.4 Å². The van der Waals surface area contributed by atoms with Crippen LogP contribution in [0.4, 0.5) is 4.39 Å². The zero-order chi connectivity index (χ0) is 21.0. The van der Waals surface area contributed by atoms with Gasteiger partial charge in [-0.2, -0.15) is 0 Å². The van der Waals surface area contributed by atoms with E-state index in [1.54, 1.807) is 18.2 Å². The van der Waals surface area contributed by atoms with Gasteiger partial charge >= 0.3 is 0 Å². The van der Waals surface area contributed by atoms with Gasteiger partial charge in [-0.15, -0.1) is 0 Å². The fraction of sp³-hybridized carbons (Fsp3) is 0.286. The van der Waals surface area contributed by atoms with Gasteiger partial charge in [0.1, 0.15) is 25.1 Å². The number of nitrogens with two attached hydrogens (primary N) is 1. The highest BCUT2D eigenvalue weighted by atomic mass is 19.1. The van der Waals surface area contributed by atoms with Gasteiger partial charge in [-0.1, -0.05) is 12.1 Å². The van der Waals surface area contributed by atoms with E-state index in [4.69, 9.17) is 15.2 Å². The van der Waals surface area contributed by atoms with Crippen LogP contribution in [0.3, 0.4) is 0 Å². The number of ether oxygens (including phenoxy) is 2. The molecule has 1 aliphatic heterocycles. The number of amides is 2. The van der Waals surface area contributed by atoms with E-state index in [1.165, 1.54) is 25.2 Å². The number of ketones is 1. The molecule has 1 heterocycles. The second-order valence-electron chi connectivity index (χ2n) is 6.65. The van der Waals surface area contributed by atoms with Crippen molar-refractivity contribution in [2.45, 2.75) is 18.9 Å². The Morgan fingerprint density at radius 2 is 1.79 bits per heavy atom. The summed E-state index contributed by atoms with van der Waals surface area (Å²) >= 11 is 0. The van der Waals surface area contributed by atoms with Crippen molar-refractivity contribution in [1.82, 2.24) is 4.90 Å². The van der Waals surface area contributed by atoms with Crippen LogP contribution in [-0.2, 0) is 9.59 Å². The van der Waals surface area contributed by atoms with E-state index in [-0.39, 0.29) is 24.2 Å². The van der Waals surface area contributed by atoms with Crippen LogP contribution in [0.5, 0.6) is 11.5 Å². The van der Waals surface area contributed by atoms with Crippen molar-refractivity contribution >= 4 is 17.6 Å². The van der Waals surface area contributed by atoms with Gasteiger partial charge in [0.2, 0.25) is 11.8 Å². The zero-order valence-corrected chi connectivity index (χ0v) is 15.9. The molecule has 0 spiro atoms. The second-order valence-corrected chi connectivity index (χ2v) is 6.65. The number of hydrogen-bond acceptors (Lipinski definition) is 5. The topological polar surface area (TPSA) is 98.9 Å². The third-order valence-corrected chi connectivity index (χ3v) is 4.64. The molecule has 2 N–H and O–H groups in total. The number of fused-ring (bicyclic) bond motifs is 1. The first kappa shape index (κ1) is 20.3. The van der Waals surface area contributed by atoms with Crippen LogP contribution in [0.15, 0.2) is 42.5 Å². The van der Waals surface area contributed by atoms with Crippen LogP contribution in [-0.4, -0.2) is 42.8 Å². The minimum Gasteiger partial charge on any atom is -0.486 e. The van der Waals surface area contributed by atoms with E-state index in [2.05, 4.69) is 0 Å². The van der Waals surface area contributed by atoms with E-state index in [0.29, 0.717) is 30.3 Å². The van der Waals surface area contributed by atoms with Crippen molar-refractivity contribution < 1.29 is 28.2 Å². The monoisotopic (exact) mass is 400 g/mol. The van der Waals surface area contributed by atoms with Crippen molar-refractivity contribution in [1.29, 1.82) is 0 Å². The summed E-state index contributed by atoms with van der Waals surface area (Å²) in [4.78, 5) is 38.0. The molecule has 0 saturated carbocycles. The molecule has 152 valence electrons. The molecule has 1 unspecified atom stereocenters. The molecular weight excluding hydrogens is 379 g/mol. The molecular formula is C21H21FN2O5. The molecule has 0 radical (unpaired) electrons. The molecule has 29 heavy (non-hydrogen) atoms. The molecule has 2 amide bonds. The van der Waals surface area contributed by atoms with Crippen molar-refractivity contribution in [2.24, 2.45) is 5.73 Å². The Morgan fingerprint density at radius 3 is 2.48 bits per heavy atom. The second kappa shape index (κ2) is 8.72. The lowest BCUT2D eigenvalue weighted by Gasteiger charge is -2.26. The third-order valence-electron chi connectivity index (χ3n) is 4.64. The van der Waals surface area contributed by atoms with Crippen molar-refractivity contribution in [3.63, 3.8) is 0 Å². The predicted molar refractivity (Wildman–Crippen MR) is 102 cm³/mol. The van der Waals surface area contributed by atoms with Crippen LogP contribution in [0, 0.1) is 5.82 Å². The summed E-state index contributed by atoms with van der Waals surface area (Å²) in [6, 6.07) is 9.07. The molecule has 1 atom stereocenters. The molecule has 2 aromatic rings. The molecule has 0 bridgehead atoms. The maximum atomic E-state index is 13.5. The normalized spacial score (nSPS) is 13.4. The van der Waals surface area contributed by atoms with Crippen LogP contribution >= 0.6 is 0 Å². The van der Waals surface area contributed by atoms with Gasteiger partial charge in [0, 0.05) is 25.5 Å². The molecule has 2 aromatic carbocycles. The van der Waals surface area contributed by atoms with E-state index in [1.807, 2.05) is 0 Å². The number of hydrogen-bond donors (Lipinski definition) is 1. The Kier molecular flexibility index (Phi) is 6.11. The lowest BCUT2D eigenvalue weighted by atomic mass is 10.0. The molecule has 0 aromatic heterocycles. The summed E-state index contributed by atoms with van der Waals surface area (Å²) in [5.41, 5.74) is 6.10. The van der Waals surface area contributed by atoms with Gasteiger partial charge in [-0.25, -0.2) is 4.39 Å². The number of nitrogens with zero attached hydrogens (tertiary/aromatic N) is 1. The summed E-state index contributed by atoms with van der Waals surface area (Å²) < 4.78 is 24.4. The summed E-state index contributed by atoms with van der Waals surface area (Å²) in [6.45, 7) is 0.857. The zero-order valence-electron chi connectivity index (χ0n) is 15.9. The average Bonchev–Trinajstić information content (AvgIpc) is 2.71. The first-order valence-electron chi connectivity index (χ1n) is 9.10. The number of rotatable bonds is 7. The lowest BCUT2D eigenvalue weighted by molar-refractivity contribution is -0.138. The quantitative estimate of drug-likeness (QED) is 0.719. The molecule has 8 heteroatoms. The largest absolute Gasteiger partial charge is 0.486 e. The van der Waals surface area contributed by atoms with Gasteiger partial charge in [0.15, 0.2) is 17.3 Å². The Hall–Kier alpha value is -3.42. The van der Waals surface area contributed by atoms with Gasteiger partial charge < -0.3 is 20.1 Å². The predicted octanol–water partition coefficient (Wildman–Crippen LogP) is 2.24. The van der Waals surface area contributed by atoms with Crippen LogP contribution in [0.1, 0.15) is 34.8 Å². The lowest BCUT2D eigenvalue weighted by Crippen LogP contribution is -2.39. The summed E-state index contributed by atoms with van der Waals surface area (Å²) in [5.74, 6) is -0.962. The molecule has 3 rings (SSSR count). The smallest absolute Gasteiger partial charge is 0.244 e. The number of likely N-dealkylation sites (N-methyl/N-ethyl adjacent to an activating group) is 1. The highest BCUT2D eigenvalue weighted by Gasteiger charge is 2.27. The first-order chi connectivity index (χ1) is 13.9. The van der Waals surface area contributed by atoms with Crippen LogP contribution < -0.4 is 15.2 Å². The Bertz CT molecular complexity index is 946. The highest BCUT2D eigenvalue weighted by molar-refractivity contribution is 5.99. The average molecular weight is 400 g/mol. The fourth-order valence-electron chi connectivity index (χ4n) is 3.16. The Balaban J connectivity index is 1.65. The van der Waals surface area contributed by atoms with Crippen LogP contribution in [0.2, 0.25) is 0 Å². The molecule has 0 aliphatic carbocycles. The molecule has 7 nitrogen and oxygen atoms in total. The maximum absolute atomic E-state index is 13.5.